The van der Waals surface area contributed by atoms with Gasteiger partial charge in [-0.05, 0) is 60.3 Å². The number of nitro groups is 1. The van der Waals surface area contributed by atoms with E-state index in [4.69, 9.17) is 9.15 Å². The molecule has 2 heterocycles. The summed E-state index contributed by atoms with van der Waals surface area (Å²) < 4.78 is 10.9. The summed E-state index contributed by atoms with van der Waals surface area (Å²) in [4.78, 5) is 27.4. The molecule has 8 nitrogen and oxygen atoms in total. The van der Waals surface area contributed by atoms with Gasteiger partial charge in [0.2, 0.25) is 0 Å². The number of thioether (sulfide) groups is 1. The Kier molecular flexibility index (Phi) is 5.36. The van der Waals surface area contributed by atoms with Crippen LogP contribution in [0.3, 0.4) is 0 Å². The second kappa shape index (κ2) is 8.26. The van der Waals surface area contributed by atoms with Crippen LogP contribution in [0.4, 0.5) is 11.4 Å². The maximum Gasteiger partial charge on any atom is 0.269 e. The third-order valence-electron chi connectivity index (χ3n) is 4.22. The van der Waals surface area contributed by atoms with Crippen LogP contribution in [0.1, 0.15) is 5.76 Å². The van der Waals surface area contributed by atoms with E-state index in [1.54, 1.807) is 61.7 Å². The number of nitrogens with zero attached hydrogens (tertiary/aromatic N) is 2. The number of rotatable bonds is 5. The molecule has 0 radical (unpaired) electrons. The monoisotopic (exact) mass is 421 g/mol. The smallest absolute Gasteiger partial charge is 0.269 e. The summed E-state index contributed by atoms with van der Waals surface area (Å²) >= 11 is 1.21. The zero-order valence-electron chi connectivity index (χ0n) is 15.7. The van der Waals surface area contributed by atoms with Gasteiger partial charge in [0, 0.05) is 23.8 Å². The Labute approximate surface area is 175 Å². The summed E-state index contributed by atoms with van der Waals surface area (Å²) in [6, 6.07) is 16.7. The first-order valence-electron chi connectivity index (χ1n) is 8.80. The number of hydrogen-bond acceptors (Lipinski definition) is 7. The summed E-state index contributed by atoms with van der Waals surface area (Å²) in [5, 5.41) is 14.0. The molecule has 3 aromatic rings. The number of carbonyl (C=O) groups is 1. The van der Waals surface area contributed by atoms with Gasteiger partial charge in [0.15, 0.2) is 5.17 Å². The highest BCUT2D eigenvalue weighted by atomic mass is 32.2. The molecule has 150 valence electrons. The van der Waals surface area contributed by atoms with Crippen molar-refractivity contribution in [3.05, 3.63) is 81.4 Å². The Hall–Kier alpha value is -3.85. The molecule has 0 spiro atoms. The fourth-order valence-electron chi connectivity index (χ4n) is 2.72. The number of non-ortho nitro benzene ring substituents is 1. The predicted molar refractivity (Wildman–Crippen MR) is 115 cm³/mol. The Morgan fingerprint density at radius 3 is 2.50 bits per heavy atom. The van der Waals surface area contributed by atoms with Crippen LogP contribution in [0.15, 0.2) is 75.0 Å². The summed E-state index contributed by atoms with van der Waals surface area (Å²) in [6.45, 7) is 0. The lowest BCUT2D eigenvalue weighted by Gasteiger charge is -1.99. The molecule has 1 aromatic heterocycles. The number of ether oxygens (including phenoxy) is 1. The van der Waals surface area contributed by atoms with E-state index in [0.717, 1.165) is 5.75 Å². The van der Waals surface area contributed by atoms with Crippen LogP contribution in [0, 0.1) is 10.1 Å². The molecule has 9 heteroatoms. The lowest BCUT2D eigenvalue weighted by molar-refractivity contribution is -0.384. The van der Waals surface area contributed by atoms with Crippen LogP contribution >= 0.6 is 11.8 Å². The molecule has 0 aliphatic carbocycles. The largest absolute Gasteiger partial charge is 0.497 e. The minimum atomic E-state index is -0.456. The molecule has 1 amide bonds. The first-order chi connectivity index (χ1) is 14.5. The molecular weight excluding hydrogens is 406 g/mol. The van der Waals surface area contributed by atoms with Crippen LogP contribution in [-0.4, -0.2) is 23.1 Å². The quantitative estimate of drug-likeness (QED) is 0.362. The maximum atomic E-state index is 12.3. The van der Waals surface area contributed by atoms with Gasteiger partial charge in [0.05, 0.1) is 22.6 Å². The summed E-state index contributed by atoms with van der Waals surface area (Å²) in [7, 11) is 1.59. The van der Waals surface area contributed by atoms with Crippen molar-refractivity contribution in [1.29, 1.82) is 0 Å². The van der Waals surface area contributed by atoms with Crippen molar-refractivity contribution in [2.24, 2.45) is 4.99 Å². The van der Waals surface area contributed by atoms with E-state index in [1.807, 2.05) is 0 Å². The van der Waals surface area contributed by atoms with Crippen molar-refractivity contribution in [3.8, 4) is 17.1 Å². The van der Waals surface area contributed by atoms with Crippen molar-refractivity contribution >= 4 is 40.3 Å². The molecule has 2 aromatic carbocycles. The number of aliphatic imine (C=N–C) groups is 1. The van der Waals surface area contributed by atoms with Gasteiger partial charge < -0.3 is 14.5 Å². The van der Waals surface area contributed by atoms with E-state index in [0.29, 0.717) is 32.8 Å². The summed E-state index contributed by atoms with van der Waals surface area (Å²) in [6.07, 6.45) is 1.63. The minimum Gasteiger partial charge on any atom is -0.497 e. The van der Waals surface area contributed by atoms with Crippen LogP contribution in [-0.2, 0) is 4.79 Å². The van der Waals surface area contributed by atoms with E-state index in [-0.39, 0.29) is 11.6 Å². The Bertz CT molecular complexity index is 1160. The number of hydrogen-bond donors (Lipinski definition) is 1. The number of furan rings is 1. The van der Waals surface area contributed by atoms with E-state index in [2.05, 4.69) is 10.3 Å². The van der Waals surface area contributed by atoms with Gasteiger partial charge in [-0.2, -0.15) is 0 Å². The molecule has 1 aliphatic rings. The number of carbonyl (C=O) groups excluding carboxylic acids is 1. The fourth-order valence-corrected chi connectivity index (χ4v) is 3.54. The molecule has 0 atom stereocenters. The second-order valence-electron chi connectivity index (χ2n) is 6.19. The van der Waals surface area contributed by atoms with Crippen LogP contribution in [0.25, 0.3) is 17.4 Å². The van der Waals surface area contributed by atoms with Crippen LogP contribution in [0.5, 0.6) is 5.75 Å². The maximum absolute atomic E-state index is 12.3. The third-order valence-corrected chi connectivity index (χ3v) is 5.13. The van der Waals surface area contributed by atoms with Gasteiger partial charge in [-0.15, -0.1) is 0 Å². The topological polar surface area (TPSA) is 107 Å². The average Bonchev–Trinajstić information content (AvgIpc) is 3.35. The molecule has 1 N–H and O–H groups in total. The fraction of sp³-hybridized carbons (Fsp3) is 0.0476. The van der Waals surface area contributed by atoms with E-state index in [1.165, 1.54) is 23.9 Å². The number of nitrogens with one attached hydrogen (secondary N) is 1. The molecule has 1 aliphatic heterocycles. The molecule has 1 saturated heterocycles. The molecule has 0 saturated carbocycles. The average molecular weight is 421 g/mol. The van der Waals surface area contributed by atoms with E-state index in [9.17, 15) is 14.9 Å². The number of benzene rings is 2. The van der Waals surface area contributed by atoms with E-state index >= 15 is 0 Å². The Morgan fingerprint density at radius 1 is 1.10 bits per heavy atom. The summed E-state index contributed by atoms with van der Waals surface area (Å²) in [5.41, 5.74) is 1.41. The minimum absolute atomic E-state index is 0.00958. The second-order valence-corrected chi connectivity index (χ2v) is 7.22. The third kappa shape index (κ3) is 4.26. The lowest BCUT2D eigenvalue weighted by Crippen LogP contribution is -2.19. The van der Waals surface area contributed by atoms with Gasteiger partial charge in [-0.1, -0.05) is 0 Å². The van der Waals surface area contributed by atoms with Gasteiger partial charge in [0.25, 0.3) is 11.6 Å². The molecule has 0 bridgehead atoms. The highest BCUT2D eigenvalue weighted by Crippen LogP contribution is 2.30. The van der Waals surface area contributed by atoms with Crippen molar-refractivity contribution in [1.82, 2.24) is 5.32 Å². The Morgan fingerprint density at radius 2 is 1.83 bits per heavy atom. The molecule has 0 unspecified atom stereocenters. The van der Waals surface area contributed by atoms with Crippen molar-refractivity contribution in [2.75, 3.05) is 7.11 Å². The van der Waals surface area contributed by atoms with Gasteiger partial charge in [-0.3, -0.25) is 14.9 Å². The molecular formula is C21H15N3O5S. The highest BCUT2D eigenvalue weighted by molar-refractivity contribution is 8.18. The lowest BCUT2D eigenvalue weighted by atomic mass is 10.1. The normalized spacial score (nSPS) is 16.1. The van der Waals surface area contributed by atoms with Crippen molar-refractivity contribution < 1.29 is 18.9 Å². The van der Waals surface area contributed by atoms with Gasteiger partial charge >= 0.3 is 0 Å². The van der Waals surface area contributed by atoms with Crippen molar-refractivity contribution in [2.45, 2.75) is 0 Å². The summed E-state index contributed by atoms with van der Waals surface area (Å²) in [5.74, 6) is 1.50. The van der Waals surface area contributed by atoms with Gasteiger partial charge in [-0.25, -0.2) is 4.99 Å². The van der Waals surface area contributed by atoms with E-state index < -0.39 is 4.92 Å². The SMILES string of the molecule is COc1ccc(N=C2NC(=O)/C(=C\c3ccc(-c4ccc([N+](=O)[O-])cc4)o3)S2)cc1. The number of amides is 1. The van der Waals surface area contributed by atoms with Gasteiger partial charge in [0.1, 0.15) is 17.3 Å². The molecule has 30 heavy (non-hydrogen) atoms. The standard InChI is InChI=1S/C21H15N3O5S/c1-28-16-8-4-14(5-9-16)22-21-23-20(25)19(30-21)12-17-10-11-18(29-17)13-2-6-15(7-3-13)24(26)27/h2-12H,1H3,(H,22,23,25)/b19-12+. The molecule has 4 rings (SSSR count). The number of methoxy groups -OCH3 is 1. The first kappa shape index (κ1) is 19.5. The first-order valence-corrected chi connectivity index (χ1v) is 9.62. The number of amidine groups is 1. The van der Waals surface area contributed by atoms with Crippen LogP contribution in [0.2, 0.25) is 0 Å². The zero-order chi connectivity index (χ0) is 21.1. The Balaban J connectivity index is 1.50. The zero-order valence-corrected chi connectivity index (χ0v) is 16.5. The number of nitro benzene ring substituents is 1. The predicted octanol–water partition coefficient (Wildman–Crippen LogP) is 4.76. The highest BCUT2D eigenvalue weighted by Gasteiger charge is 2.24. The molecule has 1 fully saturated rings. The van der Waals surface area contributed by atoms with Crippen molar-refractivity contribution in [3.63, 3.8) is 0 Å². The van der Waals surface area contributed by atoms with Crippen LogP contribution < -0.4 is 10.1 Å².